The molecule has 0 aromatic rings. The van der Waals surface area contributed by atoms with E-state index in [-0.39, 0.29) is 0 Å². The third-order valence-electron chi connectivity index (χ3n) is 1.25. The molecule has 0 amide bonds. The largest absolute Gasteiger partial charge is 0.298 e. The molecule has 0 aromatic heterocycles. The van der Waals surface area contributed by atoms with E-state index in [1.165, 1.54) is 5.57 Å². The first-order valence-electron chi connectivity index (χ1n) is 3.62. The summed E-state index contributed by atoms with van der Waals surface area (Å²) < 4.78 is 0. The molecule has 0 bridgehead atoms. The lowest BCUT2D eigenvalue weighted by molar-refractivity contribution is -0.104. The highest BCUT2D eigenvalue weighted by Crippen LogP contribution is 1.98. The minimum Gasteiger partial charge on any atom is -0.298 e. The zero-order chi connectivity index (χ0) is 8.69. The van der Waals surface area contributed by atoms with E-state index in [0.717, 1.165) is 12.7 Å². The highest BCUT2D eigenvalue weighted by molar-refractivity contribution is 5.77. The van der Waals surface area contributed by atoms with E-state index in [1.807, 2.05) is 19.9 Å². The molecule has 0 rings (SSSR count). The second kappa shape index (κ2) is 5.66. The van der Waals surface area contributed by atoms with Crippen molar-refractivity contribution >= 4 is 6.29 Å². The molecule has 0 atom stereocenters. The fraction of sp³-hybridized carbons (Fsp3) is 0.300. The van der Waals surface area contributed by atoms with Gasteiger partial charge >= 0.3 is 0 Å². The predicted octanol–water partition coefficient (Wildman–Crippen LogP) is 2.65. The first-order chi connectivity index (χ1) is 5.20. The zero-order valence-electron chi connectivity index (χ0n) is 7.13. The van der Waals surface area contributed by atoms with Gasteiger partial charge in [0.1, 0.15) is 6.29 Å². The number of aldehydes is 1. The molecule has 0 N–H and O–H groups in total. The van der Waals surface area contributed by atoms with Crippen LogP contribution in [-0.4, -0.2) is 6.29 Å². The molecule has 0 unspecified atom stereocenters. The van der Waals surface area contributed by atoms with Crippen molar-refractivity contribution in [2.75, 3.05) is 0 Å². The van der Waals surface area contributed by atoms with Gasteiger partial charge in [0.25, 0.3) is 0 Å². The molecule has 0 aliphatic carbocycles. The van der Waals surface area contributed by atoms with Gasteiger partial charge in [0.15, 0.2) is 0 Å². The van der Waals surface area contributed by atoms with Crippen LogP contribution in [0.4, 0.5) is 0 Å². The predicted molar refractivity (Wildman–Crippen MR) is 48.4 cm³/mol. The lowest BCUT2D eigenvalue weighted by atomic mass is 10.2. The van der Waals surface area contributed by atoms with E-state index in [9.17, 15) is 4.79 Å². The van der Waals surface area contributed by atoms with Gasteiger partial charge in [-0.25, -0.2) is 0 Å². The van der Waals surface area contributed by atoms with Crippen molar-refractivity contribution in [3.63, 3.8) is 0 Å². The Morgan fingerprint density at radius 3 is 2.36 bits per heavy atom. The first kappa shape index (κ1) is 9.89. The standard InChI is InChI=1S/C10H14O/c1-4-10(8-11)7-5-6-9(2)3/h4,6-8H,1,5H2,2-3H3/b10-7+. The maximum atomic E-state index is 10.3. The summed E-state index contributed by atoms with van der Waals surface area (Å²) in [7, 11) is 0. The van der Waals surface area contributed by atoms with Crippen LogP contribution in [0, 0.1) is 0 Å². The van der Waals surface area contributed by atoms with E-state index in [0.29, 0.717) is 5.57 Å². The van der Waals surface area contributed by atoms with Gasteiger partial charge in [0.05, 0.1) is 0 Å². The van der Waals surface area contributed by atoms with Gasteiger partial charge < -0.3 is 0 Å². The Labute approximate surface area is 68.1 Å². The summed E-state index contributed by atoms with van der Waals surface area (Å²) in [5.74, 6) is 0. The van der Waals surface area contributed by atoms with Crippen molar-refractivity contribution in [2.45, 2.75) is 20.3 Å². The highest BCUT2D eigenvalue weighted by atomic mass is 16.1. The van der Waals surface area contributed by atoms with Crippen LogP contribution in [0.3, 0.4) is 0 Å². The van der Waals surface area contributed by atoms with E-state index in [2.05, 4.69) is 12.7 Å². The normalized spacial score (nSPS) is 10.5. The molecular weight excluding hydrogens is 136 g/mol. The average Bonchev–Trinajstić information content (AvgIpc) is 1.98. The van der Waals surface area contributed by atoms with Crippen molar-refractivity contribution in [3.05, 3.63) is 36.0 Å². The van der Waals surface area contributed by atoms with Gasteiger partial charge in [-0.1, -0.05) is 30.4 Å². The lowest BCUT2D eigenvalue weighted by Crippen LogP contribution is -1.76. The number of rotatable bonds is 4. The smallest absolute Gasteiger partial charge is 0.149 e. The molecule has 0 fully saturated rings. The number of carbonyl (C=O) groups is 1. The van der Waals surface area contributed by atoms with Crippen LogP contribution in [-0.2, 0) is 4.79 Å². The molecule has 11 heavy (non-hydrogen) atoms. The molecule has 0 aliphatic heterocycles. The second-order valence-corrected chi connectivity index (χ2v) is 2.54. The van der Waals surface area contributed by atoms with E-state index in [4.69, 9.17) is 0 Å². The van der Waals surface area contributed by atoms with Crippen LogP contribution in [0.15, 0.2) is 36.0 Å². The Bertz CT molecular complexity index is 183. The topological polar surface area (TPSA) is 17.1 Å². The Kier molecular flexibility index (Phi) is 5.09. The molecular formula is C10H14O. The van der Waals surface area contributed by atoms with Gasteiger partial charge in [-0.2, -0.15) is 0 Å². The molecule has 0 saturated carbocycles. The minimum atomic E-state index is 0.655. The summed E-state index contributed by atoms with van der Waals surface area (Å²) in [6, 6.07) is 0. The Hall–Kier alpha value is -1.11. The first-order valence-corrected chi connectivity index (χ1v) is 3.62. The monoisotopic (exact) mass is 150 g/mol. The van der Waals surface area contributed by atoms with Gasteiger partial charge in [-0.15, -0.1) is 0 Å². The van der Waals surface area contributed by atoms with Crippen LogP contribution in [0.1, 0.15) is 20.3 Å². The van der Waals surface area contributed by atoms with Crippen LogP contribution in [0.25, 0.3) is 0 Å². The van der Waals surface area contributed by atoms with Crippen LogP contribution < -0.4 is 0 Å². The fourth-order valence-corrected chi connectivity index (χ4v) is 0.610. The molecule has 0 aromatic carbocycles. The van der Waals surface area contributed by atoms with Gasteiger partial charge in [-0.05, 0) is 20.3 Å². The van der Waals surface area contributed by atoms with E-state index >= 15 is 0 Å². The quantitative estimate of drug-likeness (QED) is 0.260. The summed E-state index contributed by atoms with van der Waals surface area (Å²) in [5, 5.41) is 0. The van der Waals surface area contributed by atoms with Crippen molar-refractivity contribution in [2.24, 2.45) is 0 Å². The van der Waals surface area contributed by atoms with Gasteiger partial charge in [0.2, 0.25) is 0 Å². The van der Waals surface area contributed by atoms with Crippen molar-refractivity contribution in [1.82, 2.24) is 0 Å². The Balaban J connectivity index is 3.99. The zero-order valence-corrected chi connectivity index (χ0v) is 7.13. The Morgan fingerprint density at radius 1 is 1.36 bits per heavy atom. The molecule has 60 valence electrons. The summed E-state index contributed by atoms with van der Waals surface area (Å²) in [6.45, 7) is 7.57. The maximum Gasteiger partial charge on any atom is 0.149 e. The van der Waals surface area contributed by atoms with Crippen LogP contribution >= 0.6 is 0 Å². The average molecular weight is 150 g/mol. The summed E-state index contributed by atoms with van der Waals surface area (Å²) in [6.07, 6.45) is 7.10. The molecule has 0 spiro atoms. The number of hydrogen-bond donors (Lipinski definition) is 0. The number of carbonyl (C=O) groups excluding carboxylic acids is 1. The van der Waals surface area contributed by atoms with Crippen molar-refractivity contribution in [1.29, 1.82) is 0 Å². The third-order valence-corrected chi connectivity index (χ3v) is 1.25. The lowest BCUT2D eigenvalue weighted by Gasteiger charge is -1.88. The van der Waals surface area contributed by atoms with Crippen molar-refractivity contribution < 1.29 is 4.79 Å². The van der Waals surface area contributed by atoms with E-state index < -0.39 is 0 Å². The number of hydrogen-bond acceptors (Lipinski definition) is 1. The van der Waals surface area contributed by atoms with Gasteiger partial charge in [-0.3, -0.25) is 4.79 Å². The molecule has 0 heterocycles. The molecule has 0 radical (unpaired) electrons. The Morgan fingerprint density at radius 2 is 2.00 bits per heavy atom. The fourth-order valence-electron chi connectivity index (χ4n) is 0.610. The minimum absolute atomic E-state index is 0.655. The number of allylic oxidation sites excluding steroid dienone is 5. The highest BCUT2D eigenvalue weighted by Gasteiger charge is 1.83. The molecule has 1 heteroatoms. The van der Waals surface area contributed by atoms with E-state index in [1.54, 1.807) is 6.08 Å². The SMILES string of the molecule is C=C/C(C=O)=C\CC=C(C)C. The molecule has 0 saturated heterocycles. The van der Waals surface area contributed by atoms with Crippen LogP contribution in [0.2, 0.25) is 0 Å². The summed E-state index contributed by atoms with van der Waals surface area (Å²) in [5.41, 5.74) is 1.91. The van der Waals surface area contributed by atoms with Crippen LogP contribution in [0.5, 0.6) is 0 Å². The second-order valence-electron chi connectivity index (χ2n) is 2.54. The summed E-state index contributed by atoms with van der Waals surface area (Å²) in [4.78, 5) is 10.3. The summed E-state index contributed by atoms with van der Waals surface area (Å²) >= 11 is 0. The molecule has 0 aliphatic rings. The van der Waals surface area contributed by atoms with Crippen molar-refractivity contribution in [3.8, 4) is 0 Å². The third kappa shape index (κ3) is 5.34. The maximum absolute atomic E-state index is 10.3. The molecule has 1 nitrogen and oxygen atoms in total. The van der Waals surface area contributed by atoms with Gasteiger partial charge in [0, 0.05) is 5.57 Å².